The van der Waals surface area contributed by atoms with E-state index in [1.165, 1.54) is 19.2 Å². The maximum absolute atomic E-state index is 12.8. The third-order valence-corrected chi connectivity index (χ3v) is 6.60. The van der Waals surface area contributed by atoms with Crippen molar-refractivity contribution in [1.82, 2.24) is 0 Å². The molecule has 0 spiro atoms. The Labute approximate surface area is 124 Å². The molecule has 1 aromatic carbocycles. The summed E-state index contributed by atoms with van der Waals surface area (Å²) in [7, 11) is -2.48. The van der Waals surface area contributed by atoms with Gasteiger partial charge < -0.3 is 9.84 Å². The Kier molecular flexibility index (Phi) is 4.27. The topological polar surface area (TPSA) is 80.7 Å². The van der Waals surface area contributed by atoms with E-state index < -0.39 is 20.6 Å². The minimum atomic E-state index is -3.93. The zero-order chi connectivity index (χ0) is 15.7. The minimum Gasteiger partial charge on any atom is -0.497 e. The number of carboxylic acid groups (broad SMARTS) is 1. The summed E-state index contributed by atoms with van der Waals surface area (Å²) in [4.78, 5) is 11.6. The van der Waals surface area contributed by atoms with E-state index in [-0.39, 0.29) is 23.7 Å². The molecule has 2 rings (SSSR count). The van der Waals surface area contributed by atoms with E-state index in [0.29, 0.717) is 5.75 Å². The Morgan fingerprint density at radius 2 is 2.10 bits per heavy atom. The first-order chi connectivity index (χ1) is 9.87. The van der Waals surface area contributed by atoms with Crippen molar-refractivity contribution in [1.29, 1.82) is 0 Å². The van der Waals surface area contributed by atoms with Gasteiger partial charge in [-0.15, -0.1) is 0 Å². The fourth-order valence-corrected chi connectivity index (χ4v) is 5.11. The van der Waals surface area contributed by atoms with Crippen molar-refractivity contribution in [3.05, 3.63) is 24.3 Å². The van der Waals surface area contributed by atoms with Gasteiger partial charge in [-0.3, -0.25) is 4.79 Å². The lowest BCUT2D eigenvalue weighted by Gasteiger charge is -2.43. The molecule has 1 saturated carbocycles. The number of benzene rings is 1. The normalized spacial score (nSPS) is 25.1. The fourth-order valence-electron chi connectivity index (χ4n) is 2.99. The molecule has 116 valence electrons. The van der Waals surface area contributed by atoms with Crippen molar-refractivity contribution in [3.8, 4) is 5.75 Å². The Morgan fingerprint density at radius 3 is 2.62 bits per heavy atom. The van der Waals surface area contributed by atoms with Crippen LogP contribution in [0.1, 0.15) is 32.6 Å². The minimum absolute atomic E-state index is 0.0131. The highest BCUT2D eigenvalue weighted by molar-refractivity contribution is 7.93. The molecule has 1 aromatic rings. The highest BCUT2D eigenvalue weighted by Crippen LogP contribution is 2.48. The maximum atomic E-state index is 12.8. The van der Waals surface area contributed by atoms with Gasteiger partial charge in [-0.2, -0.15) is 0 Å². The van der Waals surface area contributed by atoms with Gasteiger partial charge >= 0.3 is 5.97 Å². The number of hydrogen-bond acceptors (Lipinski definition) is 4. The van der Waals surface area contributed by atoms with Crippen molar-refractivity contribution >= 4 is 15.8 Å². The number of carboxylic acids is 1. The third-order valence-electron chi connectivity index (χ3n) is 4.19. The molecule has 0 amide bonds. The third kappa shape index (κ3) is 2.52. The lowest BCUT2D eigenvalue weighted by Crippen LogP contribution is -2.56. The smallest absolute Gasteiger partial charge is 0.325 e. The summed E-state index contributed by atoms with van der Waals surface area (Å²) in [6.07, 6.45) is 2.17. The molecule has 5 nitrogen and oxygen atoms in total. The molecule has 0 heterocycles. The number of methoxy groups -OCH3 is 1. The Hall–Kier alpha value is -1.56. The van der Waals surface area contributed by atoms with Crippen LogP contribution in [0.25, 0.3) is 0 Å². The predicted octanol–water partition coefficient (Wildman–Crippen LogP) is 2.50. The molecule has 0 unspecified atom stereocenters. The first-order valence-electron chi connectivity index (χ1n) is 6.99. The molecule has 1 fully saturated rings. The van der Waals surface area contributed by atoms with Gasteiger partial charge in [0.05, 0.1) is 12.0 Å². The van der Waals surface area contributed by atoms with Gasteiger partial charge in [0.2, 0.25) is 0 Å². The Balaban J connectivity index is 2.38. The zero-order valence-corrected chi connectivity index (χ0v) is 13.0. The summed E-state index contributed by atoms with van der Waals surface area (Å²) in [5.41, 5.74) is 0. The van der Waals surface area contributed by atoms with E-state index >= 15 is 0 Å². The van der Waals surface area contributed by atoms with Crippen LogP contribution >= 0.6 is 0 Å². The van der Waals surface area contributed by atoms with Gasteiger partial charge in [-0.1, -0.05) is 25.8 Å². The lowest BCUT2D eigenvalue weighted by atomic mass is 9.72. The molecule has 0 aliphatic heterocycles. The molecule has 1 aliphatic rings. The number of aliphatic carboxylic acids is 1. The van der Waals surface area contributed by atoms with Crippen molar-refractivity contribution < 1.29 is 23.1 Å². The van der Waals surface area contributed by atoms with Crippen molar-refractivity contribution in [2.24, 2.45) is 5.92 Å². The van der Waals surface area contributed by atoms with Gasteiger partial charge in [0.1, 0.15) is 5.75 Å². The van der Waals surface area contributed by atoms with Crippen molar-refractivity contribution in [2.45, 2.75) is 42.2 Å². The fraction of sp³-hybridized carbons (Fsp3) is 0.533. The molecule has 0 atom stereocenters. The van der Waals surface area contributed by atoms with Crippen LogP contribution in [0.15, 0.2) is 29.2 Å². The number of ether oxygens (including phenoxy) is 1. The second kappa shape index (κ2) is 5.67. The standard InChI is InChI=1S/C15H20O5S/c1-3-5-11-9-15(10-11,14(16)17)21(18,19)13-7-4-6-12(8-13)20-2/h4,6-8,11H,3,5,9-10H2,1-2H3,(H,16,17). The van der Waals surface area contributed by atoms with Crippen LogP contribution in [0.4, 0.5) is 0 Å². The summed E-state index contributed by atoms with van der Waals surface area (Å²) in [6, 6.07) is 6.00. The second-order valence-corrected chi connectivity index (χ2v) is 7.80. The number of carbonyl (C=O) groups is 1. The molecule has 1 aliphatic carbocycles. The van der Waals surface area contributed by atoms with Crippen LogP contribution in [-0.4, -0.2) is 31.4 Å². The quantitative estimate of drug-likeness (QED) is 0.873. The lowest BCUT2D eigenvalue weighted by molar-refractivity contribution is -0.144. The number of rotatable bonds is 6. The van der Waals surface area contributed by atoms with Crippen molar-refractivity contribution in [3.63, 3.8) is 0 Å². The van der Waals surface area contributed by atoms with Gasteiger partial charge in [-0.05, 0) is 37.0 Å². The first-order valence-corrected chi connectivity index (χ1v) is 8.48. The molecular formula is C15H20O5S. The average molecular weight is 312 g/mol. The molecule has 6 heteroatoms. The number of hydrogen-bond donors (Lipinski definition) is 1. The maximum Gasteiger partial charge on any atom is 0.325 e. The molecule has 21 heavy (non-hydrogen) atoms. The highest BCUT2D eigenvalue weighted by Gasteiger charge is 2.60. The van der Waals surface area contributed by atoms with Crippen LogP contribution in [0, 0.1) is 5.92 Å². The summed E-state index contributed by atoms with van der Waals surface area (Å²) < 4.78 is 28.9. The van der Waals surface area contributed by atoms with E-state index in [2.05, 4.69) is 0 Å². The van der Waals surface area contributed by atoms with Gasteiger partial charge in [0.25, 0.3) is 0 Å². The highest BCUT2D eigenvalue weighted by atomic mass is 32.2. The molecule has 0 aromatic heterocycles. The second-order valence-electron chi connectivity index (χ2n) is 5.54. The van der Waals surface area contributed by atoms with Gasteiger partial charge in [0, 0.05) is 0 Å². The average Bonchev–Trinajstić information content (AvgIpc) is 2.41. The zero-order valence-electron chi connectivity index (χ0n) is 12.2. The van der Waals surface area contributed by atoms with Crippen LogP contribution in [-0.2, 0) is 14.6 Å². The summed E-state index contributed by atoms with van der Waals surface area (Å²) in [6.45, 7) is 2.01. The van der Waals surface area contributed by atoms with E-state index in [9.17, 15) is 18.3 Å². The predicted molar refractivity (Wildman–Crippen MR) is 78.2 cm³/mol. The van der Waals surface area contributed by atoms with E-state index in [1.807, 2.05) is 6.92 Å². The first kappa shape index (κ1) is 15.8. The van der Waals surface area contributed by atoms with Crippen LogP contribution in [0.3, 0.4) is 0 Å². The SMILES string of the molecule is CCCC1CC(C(=O)O)(S(=O)(=O)c2cccc(OC)c2)C1. The molecule has 0 bridgehead atoms. The monoisotopic (exact) mass is 312 g/mol. The summed E-state index contributed by atoms with van der Waals surface area (Å²) in [5, 5.41) is 9.48. The van der Waals surface area contributed by atoms with Gasteiger partial charge in [0.15, 0.2) is 14.6 Å². The molecule has 1 N–H and O–H groups in total. The van der Waals surface area contributed by atoms with Crippen LogP contribution in [0.5, 0.6) is 5.75 Å². The van der Waals surface area contributed by atoms with E-state index in [0.717, 1.165) is 12.8 Å². The number of sulfone groups is 1. The van der Waals surface area contributed by atoms with Crippen LogP contribution < -0.4 is 4.74 Å². The summed E-state index contributed by atoms with van der Waals surface area (Å²) >= 11 is 0. The Morgan fingerprint density at radius 1 is 1.43 bits per heavy atom. The Bertz CT molecular complexity index is 629. The van der Waals surface area contributed by atoms with Gasteiger partial charge in [-0.25, -0.2) is 8.42 Å². The largest absolute Gasteiger partial charge is 0.497 e. The molecule has 0 saturated heterocycles. The van der Waals surface area contributed by atoms with Crippen LogP contribution in [0.2, 0.25) is 0 Å². The molecular weight excluding hydrogens is 292 g/mol. The van der Waals surface area contributed by atoms with E-state index in [1.54, 1.807) is 12.1 Å². The molecule has 0 radical (unpaired) electrons. The van der Waals surface area contributed by atoms with E-state index in [4.69, 9.17) is 4.74 Å². The summed E-state index contributed by atoms with van der Waals surface area (Å²) in [5.74, 6) is -0.676. The van der Waals surface area contributed by atoms with Crippen molar-refractivity contribution in [2.75, 3.05) is 7.11 Å².